The highest BCUT2D eigenvalue weighted by Gasteiger charge is 2.41. The number of ether oxygens (including phenoxy) is 3. The maximum atomic E-state index is 5.79. The average molecular weight is 326 g/mol. The highest BCUT2D eigenvalue weighted by atomic mass is 31.0. The van der Waals surface area contributed by atoms with Gasteiger partial charge in [0.15, 0.2) is 5.79 Å². The van der Waals surface area contributed by atoms with Crippen LogP contribution in [0.25, 0.3) is 0 Å². The molecule has 2 saturated heterocycles. The van der Waals surface area contributed by atoms with E-state index in [1.165, 1.54) is 0 Å². The molecule has 1 aromatic carbocycles. The fourth-order valence-electron chi connectivity index (χ4n) is 2.61. The van der Waals surface area contributed by atoms with Gasteiger partial charge in [-0.3, -0.25) is 0 Å². The van der Waals surface area contributed by atoms with Crippen molar-refractivity contribution < 1.29 is 23.9 Å². The molecule has 0 N–H and O–H groups in total. The van der Waals surface area contributed by atoms with Gasteiger partial charge in [-0.2, -0.15) is 4.67 Å². The van der Waals surface area contributed by atoms with Crippen LogP contribution in [0.5, 0.6) is 5.75 Å². The molecule has 1 unspecified atom stereocenters. The van der Waals surface area contributed by atoms with E-state index in [4.69, 9.17) is 14.2 Å². The predicted molar refractivity (Wildman–Crippen MR) is 81.8 cm³/mol. The van der Waals surface area contributed by atoms with E-state index < -0.39 is 5.79 Å². The van der Waals surface area contributed by atoms with Crippen molar-refractivity contribution in [2.75, 3.05) is 26.3 Å². The van der Waals surface area contributed by atoms with Crippen molar-refractivity contribution in [3.63, 3.8) is 0 Å². The first-order valence-electron chi connectivity index (χ1n) is 7.18. The largest absolute Gasteiger partial charge is 0.424 e. The van der Waals surface area contributed by atoms with Gasteiger partial charge in [-0.1, -0.05) is 18.2 Å². The Kier molecular flexibility index (Phi) is 5.10. The zero-order valence-corrected chi connectivity index (χ0v) is 13.3. The number of likely N-dealkylation sites (tertiary alicyclic amines) is 1. The second kappa shape index (κ2) is 7.24. The first kappa shape index (κ1) is 15.5. The molecule has 2 heterocycles. The summed E-state index contributed by atoms with van der Waals surface area (Å²) in [5.41, 5.74) is 0. The molecule has 7 nitrogen and oxygen atoms in total. The van der Waals surface area contributed by atoms with Crippen molar-refractivity contribution in [2.24, 2.45) is 5.16 Å². The van der Waals surface area contributed by atoms with Crippen molar-refractivity contribution >= 4 is 15.5 Å². The van der Waals surface area contributed by atoms with Gasteiger partial charge in [0.25, 0.3) is 0 Å². The number of nitrogens with zero attached hydrogens (tertiary/aromatic N) is 2. The molecule has 1 atom stereocenters. The van der Waals surface area contributed by atoms with E-state index in [-0.39, 0.29) is 0 Å². The van der Waals surface area contributed by atoms with Gasteiger partial charge in [0.1, 0.15) is 5.75 Å². The number of oxime groups is 1. The maximum Gasteiger partial charge on any atom is 0.336 e. The molecule has 0 aliphatic carbocycles. The van der Waals surface area contributed by atoms with Crippen LogP contribution in [0.4, 0.5) is 0 Å². The molecular formula is C14H19N2O5P. The predicted octanol–water partition coefficient (Wildman–Crippen LogP) is 1.91. The lowest BCUT2D eigenvalue weighted by molar-refractivity contribution is -0.198. The van der Waals surface area contributed by atoms with Crippen molar-refractivity contribution in [2.45, 2.75) is 18.6 Å². The fraction of sp³-hybridized carbons (Fsp3) is 0.500. The van der Waals surface area contributed by atoms with Crippen molar-refractivity contribution in [1.82, 2.24) is 4.90 Å². The molecule has 0 bridgehead atoms. The lowest BCUT2D eigenvalue weighted by Crippen LogP contribution is -2.48. The summed E-state index contributed by atoms with van der Waals surface area (Å²) in [6, 6.07) is 9.76. The van der Waals surface area contributed by atoms with Crippen LogP contribution in [-0.4, -0.2) is 43.0 Å². The molecule has 3 rings (SSSR count). The molecule has 0 radical (unpaired) electrons. The maximum absolute atomic E-state index is 5.79. The zero-order valence-electron chi connectivity index (χ0n) is 12.1. The highest BCUT2D eigenvalue weighted by Crippen LogP contribution is 2.31. The normalized spacial score (nSPS) is 21.1. The van der Waals surface area contributed by atoms with Crippen molar-refractivity contribution in [3.05, 3.63) is 30.3 Å². The summed E-state index contributed by atoms with van der Waals surface area (Å²) in [6.45, 7) is 2.72. The summed E-state index contributed by atoms with van der Waals surface area (Å²) in [4.78, 5) is 6.64. The van der Waals surface area contributed by atoms with Gasteiger partial charge in [0.2, 0.25) is 0 Å². The molecule has 1 aromatic rings. The summed E-state index contributed by atoms with van der Waals surface area (Å²) in [5.74, 6) is 0.244. The minimum atomic E-state index is -0.438. The van der Waals surface area contributed by atoms with Crippen LogP contribution < -0.4 is 4.74 Å². The van der Waals surface area contributed by atoms with E-state index in [1.54, 1.807) is 0 Å². The van der Waals surface area contributed by atoms with Crippen molar-refractivity contribution in [1.29, 1.82) is 0 Å². The first-order chi connectivity index (χ1) is 10.8. The monoisotopic (exact) mass is 326 g/mol. The quantitative estimate of drug-likeness (QED) is 0.278. The minimum absolute atomic E-state index is 0.349. The van der Waals surface area contributed by atoms with E-state index in [0.29, 0.717) is 38.1 Å². The van der Waals surface area contributed by atoms with Crippen LogP contribution in [0.2, 0.25) is 0 Å². The highest BCUT2D eigenvalue weighted by molar-refractivity contribution is 7.09. The second-order valence-corrected chi connectivity index (χ2v) is 5.25. The number of amidine groups is 1. The van der Waals surface area contributed by atoms with Crippen LogP contribution >= 0.6 is 9.47 Å². The summed E-state index contributed by atoms with van der Waals surface area (Å²) in [6.07, 6.45) is 1.51. The molecule has 120 valence electrons. The van der Waals surface area contributed by atoms with E-state index in [1.807, 2.05) is 44.7 Å². The lowest BCUT2D eigenvalue weighted by atomic mass is 10.0. The Labute approximate surface area is 131 Å². The Morgan fingerprint density at radius 1 is 1.14 bits per heavy atom. The second-order valence-electron chi connectivity index (χ2n) is 5.05. The van der Waals surface area contributed by atoms with Crippen molar-refractivity contribution in [3.8, 4) is 5.75 Å². The minimum Gasteiger partial charge on any atom is -0.424 e. The lowest BCUT2D eigenvalue weighted by Gasteiger charge is -2.37. The van der Waals surface area contributed by atoms with E-state index >= 15 is 0 Å². The van der Waals surface area contributed by atoms with Crippen LogP contribution in [-0.2, 0) is 19.1 Å². The molecule has 0 saturated carbocycles. The average Bonchev–Trinajstić information content (AvgIpc) is 3.01. The fourth-order valence-corrected chi connectivity index (χ4v) is 2.66. The summed E-state index contributed by atoms with van der Waals surface area (Å²) in [5, 5.41) is 3.87. The van der Waals surface area contributed by atoms with Crippen LogP contribution in [0.3, 0.4) is 0 Å². The van der Waals surface area contributed by atoms with Crippen LogP contribution in [0.15, 0.2) is 35.5 Å². The van der Waals surface area contributed by atoms with Gasteiger partial charge in [-0.25, -0.2) is 4.99 Å². The Balaban J connectivity index is 1.65. The molecule has 0 amide bonds. The van der Waals surface area contributed by atoms with Gasteiger partial charge in [0, 0.05) is 31.1 Å². The Hall–Kier alpha value is -1.40. The van der Waals surface area contributed by atoms with E-state index in [0.717, 1.165) is 12.8 Å². The Morgan fingerprint density at radius 3 is 2.45 bits per heavy atom. The number of para-hydroxylation sites is 1. The van der Waals surface area contributed by atoms with Gasteiger partial charge in [-0.15, -0.1) is 0 Å². The zero-order chi connectivity index (χ0) is 15.3. The number of benzene rings is 1. The van der Waals surface area contributed by atoms with Crippen LogP contribution in [0.1, 0.15) is 12.8 Å². The SMILES string of the molecule is POO/N=C(\Oc1ccccc1)N1CCC2(CC1)OCCO2. The van der Waals surface area contributed by atoms with Gasteiger partial charge < -0.3 is 19.1 Å². The number of rotatable bonds is 3. The smallest absolute Gasteiger partial charge is 0.336 e. The van der Waals surface area contributed by atoms with E-state index in [2.05, 4.69) is 14.8 Å². The molecule has 2 aliphatic heterocycles. The topological polar surface area (TPSA) is 61.8 Å². The number of hydrogen-bond donors (Lipinski definition) is 0. The standard InChI is InChI=1S/C14H19N2O5P/c22-21-20-15-13(19-12-4-2-1-3-5-12)16-8-6-14(7-9-16)17-10-11-18-14/h1-5H,6-11,22H2/b15-13-. The molecule has 8 heteroatoms. The van der Waals surface area contributed by atoms with Gasteiger partial charge in [-0.05, 0) is 12.1 Å². The number of hydrogen-bond acceptors (Lipinski definition) is 6. The molecule has 2 aliphatic rings. The Bertz CT molecular complexity index is 497. The molecule has 2 fully saturated rings. The summed E-state index contributed by atoms with van der Waals surface area (Å²) >= 11 is 0. The molecule has 22 heavy (non-hydrogen) atoms. The number of piperidine rings is 1. The van der Waals surface area contributed by atoms with Gasteiger partial charge in [0.05, 0.1) is 22.7 Å². The third-order valence-electron chi connectivity index (χ3n) is 3.72. The third kappa shape index (κ3) is 3.67. The van der Waals surface area contributed by atoms with Gasteiger partial charge >= 0.3 is 6.02 Å². The van der Waals surface area contributed by atoms with Crippen LogP contribution in [0, 0.1) is 0 Å². The molecule has 1 spiro atoms. The first-order valence-corrected chi connectivity index (χ1v) is 7.65. The Morgan fingerprint density at radius 2 is 1.82 bits per heavy atom. The molecule has 0 aromatic heterocycles. The third-order valence-corrected chi connectivity index (χ3v) is 3.81. The summed E-state index contributed by atoms with van der Waals surface area (Å²) < 4.78 is 21.7. The molecular weight excluding hydrogens is 307 g/mol. The van der Waals surface area contributed by atoms with E-state index in [9.17, 15) is 0 Å². The summed E-state index contributed by atoms with van der Waals surface area (Å²) in [7, 11) is 1.97.